The minimum atomic E-state index is 1.11. The normalized spacial score (nSPS) is 20.0. The molecule has 4 nitrogen and oxygen atoms in total. The number of hydrogen-bond acceptors (Lipinski definition) is 4. The lowest BCUT2D eigenvalue weighted by Crippen LogP contribution is -2.43. The molecule has 2 aliphatic rings. The zero-order valence-electron chi connectivity index (χ0n) is 15.6. The predicted molar refractivity (Wildman–Crippen MR) is 101 cm³/mol. The van der Waals surface area contributed by atoms with Crippen molar-refractivity contribution in [3.63, 3.8) is 0 Å². The second-order valence-corrected chi connectivity index (χ2v) is 6.12. The highest BCUT2D eigenvalue weighted by Gasteiger charge is 2.13. The van der Waals surface area contributed by atoms with Crippen LogP contribution in [0.15, 0.2) is 30.3 Å². The van der Waals surface area contributed by atoms with Crippen molar-refractivity contribution in [1.29, 1.82) is 0 Å². The second kappa shape index (κ2) is 12.5. The average Bonchev–Trinajstić information content (AvgIpc) is 2.61. The third-order valence-electron chi connectivity index (χ3n) is 4.19. The number of benzene rings is 1. The molecule has 0 radical (unpaired) electrons. The number of likely N-dealkylation sites (N-methyl/N-ethyl adjacent to an activating group) is 2. The van der Waals surface area contributed by atoms with Gasteiger partial charge in [-0.05, 0) is 19.7 Å². The molecule has 1 N–H and O–H groups in total. The fourth-order valence-corrected chi connectivity index (χ4v) is 2.62. The molecular formula is C19H36N4. The topological polar surface area (TPSA) is 21.8 Å². The molecule has 4 heteroatoms. The molecule has 1 aromatic carbocycles. The molecule has 23 heavy (non-hydrogen) atoms. The minimum absolute atomic E-state index is 1.11. The smallest absolute Gasteiger partial charge is 0.0234 e. The molecule has 1 aromatic rings. The highest BCUT2D eigenvalue weighted by atomic mass is 15.2. The van der Waals surface area contributed by atoms with Gasteiger partial charge in [0.1, 0.15) is 0 Å². The van der Waals surface area contributed by atoms with Crippen LogP contribution in [0.4, 0.5) is 0 Å². The van der Waals surface area contributed by atoms with E-state index in [1.54, 1.807) is 0 Å². The monoisotopic (exact) mass is 320 g/mol. The standard InChI is InChI=1S/C12H18N2.C5H12N2.C2H6/c1-13-7-9-14(10-8-13)11-12-5-3-2-4-6-12;1-7-4-2-6-3-5-7;1-2/h2-6H,7-11H2,1H3;6H,2-5H2,1H3;1-2H3. The van der Waals surface area contributed by atoms with Crippen molar-refractivity contribution < 1.29 is 0 Å². The summed E-state index contributed by atoms with van der Waals surface area (Å²) >= 11 is 0. The van der Waals surface area contributed by atoms with E-state index in [1.165, 1.54) is 44.8 Å². The molecular weight excluding hydrogens is 284 g/mol. The van der Waals surface area contributed by atoms with Crippen LogP contribution in [0.2, 0.25) is 0 Å². The summed E-state index contributed by atoms with van der Waals surface area (Å²) in [5.41, 5.74) is 1.43. The summed E-state index contributed by atoms with van der Waals surface area (Å²) in [4.78, 5) is 7.24. The molecule has 0 atom stereocenters. The Balaban J connectivity index is 0.000000247. The summed E-state index contributed by atoms with van der Waals surface area (Å²) in [7, 11) is 4.35. The fourth-order valence-electron chi connectivity index (χ4n) is 2.62. The van der Waals surface area contributed by atoms with E-state index in [-0.39, 0.29) is 0 Å². The maximum absolute atomic E-state index is 3.27. The van der Waals surface area contributed by atoms with E-state index < -0.39 is 0 Å². The highest BCUT2D eigenvalue weighted by molar-refractivity contribution is 5.14. The number of rotatable bonds is 2. The van der Waals surface area contributed by atoms with Gasteiger partial charge in [-0.15, -0.1) is 0 Å². The molecule has 3 rings (SSSR count). The third kappa shape index (κ3) is 9.06. The lowest BCUT2D eigenvalue weighted by atomic mass is 10.2. The lowest BCUT2D eigenvalue weighted by Gasteiger charge is -2.32. The van der Waals surface area contributed by atoms with Gasteiger partial charge in [0.25, 0.3) is 0 Å². The van der Waals surface area contributed by atoms with Crippen molar-refractivity contribution in [3.8, 4) is 0 Å². The molecule has 0 unspecified atom stereocenters. The van der Waals surface area contributed by atoms with Gasteiger partial charge in [-0.3, -0.25) is 4.90 Å². The maximum atomic E-state index is 3.27. The zero-order chi connectivity index (χ0) is 16.9. The van der Waals surface area contributed by atoms with E-state index >= 15 is 0 Å². The molecule has 2 saturated heterocycles. The van der Waals surface area contributed by atoms with Crippen LogP contribution in [0.25, 0.3) is 0 Å². The molecule has 0 spiro atoms. The van der Waals surface area contributed by atoms with Crippen molar-refractivity contribution in [2.24, 2.45) is 0 Å². The third-order valence-corrected chi connectivity index (χ3v) is 4.19. The van der Waals surface area contributed by atoms with Gasteiger partial charge < -0.3 is 15.1 Å². The van der Waals surface area contributed by atoms with Gasteiger partial charge in [-0.25, -0.2) is 0 Å². The number of nitrogens with zero attached hydrogens (tertiary/aromatic N) is 3. The first-order valence-corrected chi connectivity index (χ1v) is 9.08. The largest absolute Gasteiger partial charge is 0.314 e. The Morgan fingerprint density at radius 2 is 1.30 bits per heavy atom. The molecule has 0 aliphatic carbocycles. The molecule has 0 amide bonds. The Morgan fingerprint density at radius 3 is 1.78 bits per heavy atom. The average molecular weight is 321 g/mol. The fraction of sp³-hybridized carbons (Fsp3) is 0.684. The predicted octanol–water partition coefficient (Wildman–Crippen LogP) is 1.98. The van der Waals surface area contributed by atoms with Crippen molar-refractivity contribution in [2.45, 2.75) is 20.4 Å². The number of hydrogen-bond donors (Lipinski definition) is 1. The first kappa shape index (κ1) is 20.1. The van der Waals surface area contributed by atoms with Crippen molar-refractivity contribution >= 4 is 0 Å². The Kier molecular flexibility index (Phi) is 10.9. The Bertz CT molecular complexity index is 368. The quantitative estimate of drug-likeness (QED) is 0.899. The summed E-state index contributed by atoms with van der Waals surface area (Å²) in [6, 6.07) is 10.7. The van der Waals surface area contributed by atoms with E-state index in [4.69, 9.17) is 0 Å². The molecule has 0 aromatic heterocycles. The van der Waals surface area contributed by atoms with Crippen LogP contribution in [0.5, 0.6) is 0 Å². The first-order chi connectivity index (χ1) is 11.2. The van der Waals surface area contributed by atoms with Gasteiger partial charge in [-0.2, -0.15) is 0 Å². The van der Waals surface area contributed by atoms with E-state index in [0.717, 1.165) is 19.6 Å². The van der Waals surface area contributed by atoms with Crippen molar-refractivity contribution in [3.05, 3.63) is 35.9 Å². The van der Waals surface area contributed by atoms with Gasteiger partial charge in [0, 0.05) is 58.9 Å². The Labute approximate surface area is 143 Å². The van der Waals surface area contributed by atoms with Crippen molar-refractivity contribution in [1.82, 2.24) is 20.0 Å². The molecule has 2 heterocycles. The van der Waals surface area contributed by atoms with E-state index in [1.807, 2.05) is 13.8 Å². The summed E-state index contributed by atoms with van der Waals surface area (Å²) in [6.07, 6.45) is 0. The summed E-state index contributed by atoms with van der Waals surface area (Å²) in [5.74, 6) is 0. The van der Waals surface area contributed by atoms with Crippen LogP contribution in [-0.2, 0) is 6.54 Å². The minimum Gasteiger partial charge on any atom is -0.314 e. The van der Waals surface area contributed by atoms with Gasteiger partial charge in [0.15, 0.2) is 0 Å². The number of piperazine rings is 2. The SMILES string of the molecule is CC.CN1CCN(Cc2ccccc2)CC1.CN1CCNCC1. The van der Waals surface area contributed by atoms with Crippen LogP contribution < -0.4 is 5.32 Å². The van der Waals surface area contributed by atoms with Crippen LogP contribution in [0.3, 0.4) is 0 Å². The maximum Gasteiger partial charge on any atom is 0.0234 e. The highest BCUT2D eigenvalue weighted by Crippen LogP contribution is 2.06. The number of nitrogens with one attached hydrogen (secondary N) is 1. The van der Waals surface area contributed by atoms with Crippen LogP contribution >= 0.6 is 0 Å². The van der Waals surface area contributed by atoms with Gasteiger partial charge in [0.2, 0.25) is 0 Å². The van der Waals surface area contributed by atoms with Gasteiger partial charge in [0.05, 0.1) is 0 Å². The molecule has 0 saturated carbocycles. The molecule has 2 fully saturated rings. The molecule has 2 aliphatic heterocycles. The van der Waals surface area contributed by atoms with Gasteiger partial charge in [-0.1, -0.05) is 44.2 Å². The van der Waals surface area contributed by atoms with Crippen LogP contribution in [0, 0.1) is 0 Å². The van der Waals surface area contributed by atoms with E-state index in [0.29, 0.717) is 0 Å². The molecule has 0 bridgehead atoms. The summed E-state index contributed by atoms with van der Waals surface area (Å²) < 4.78 is 0. The Morgan fingerprint density at radius 1 is 0.783 bits per heavy atom. The Hall–Kier alpha value is -0.940. The lowest BCUT2D eigenvalue weighted by molar-refractivity contribution is 0.148. The van der Waals surface area contributed by atoms with Crippen LogP contribution in [0.1, 0.15) is 19.4 Å². The van der Waals surface area contributed by atoms with Gasteiger partial charge >= 0.3 is 0 Å². The zero-order valence-corrected chi connectivity index (χ0v) is 15.6. The van der Waals surface area contributed by atoms with E-state index in [2.05, 4.69) is 64.4 Å². The van der Waals surface area contributed by atoms with Crippen LogP contribution in [-0.4, -0.2) is 81.2 Å². The van der Waals surface area contributed by atoms with Crippen molar-refractivity contribution in [2.75, 3.05) is 66.5 Å². The van der Waals surface area contributed by atoms with E-state index in [9.17, 15) is 0 Å². The summed E-state index contributed by atoms with van der Waals surface area (Å²) in [5, 5.41) is 3.27. The molecule has 132 valence electrons. The first-order valence-electron chi connectivity index (χ1n) is 9.08. The summed E-state index contributed by atoms with van der Waals surface area (Å²) in [6.45, 7) is 14.7. The second-order valence-electron chi connectivity index (χ2n) is 6.12.